The minimum absolute atomic E-state index is 0.155. The van der Waals surface area contributed by atoms with Crippen molar-refractivity contribution in [1.29, 1.82) is 0 Å². The molecule has 64 valence electrons. The number of nitrogens with zero attached hydrogens (tertiary/aromatic N) is 1. The van der Waals surface area contributed by atoms with Crippen molar-refractivity contribution in [3.63, 3.8) is 0 Å². The van der Waals surface area contributed by atoms with Crippen LogP contribution in [0.5, 0.6) is 11.5 Å². The van der Waals surface area contributed by atoms with Gasteiger partial charge in [-0.25, -0.2) is 0 Å². The third-order valence-corrected chi connectivity index (χ3v) is 1.49. The van der Waals surface area contributed by atoms with Crippen molar-refractivity contribution in [2.45, 2.75) is 6.92 Å². The predicted molar refractivity (Wildman–Crippen MR) is 41.2 cm³/mol. The van der Waals surface area contributed by atoms with Gasteiger partial charge in [-0.3, -0.25) is 10.1 Å². The molecular formula is C7H7NO4. The molecule has 5 nitrogen and oxygen atoms in total. The Hall–Kier alpha value is -1.78. The second-order valence-corrected chi connectivity index (χ2v) is 2.38. The number of nitro benzene ring substituents is 1. The quantitative estimate of drug-likeness (QED) is 0.490. The van der Waals surface area contributed by atoms with Crippen molar-refractivity contribution in [3.05, 3.63) is 27.8 Å². The van der Waals surface area contributed by atoms with Crippen LogP contribution in [0.3, 0.4) is 0 Å². The summed E-state index contributed by atoms with van der Waals surface area (Å²) >= 11 is 0. The van der Waals surface area contributed by atoms with Crippen LogP contribution in [0.15, 0.2) is 12.1 Å². The van der Waals surface area contributed by atoms with E-state index in [1.807, 2.05) is 0 Å². The van der Waals surface area contributed by atoms with Crippen molar-refractivity contribution >= 4 is 5.69 Å². The molecule has 5 heteroatoms. The fourth-order valence-electron chi connectivity index (χ4n) is 0.816. The first-order valence-corrected chi connectivity index (χ1v) is 3.19. The van der Waals surface area contributed by atoms with E-state index < -0.39 is 16.4 Å². The number of benzene rings is 1. The average Bonchev–Trinajstić information content (AvgIpc) is 1.96. The molecule has 0 bridgehead atoms. The molecule has 0 saturated heterocycles. The van der Waals surface area contributed by atoms with Crippen LogP contribution >= 0.6 is 0 Å². The van der Waals surface area contributed by atoms with Crippen LogP contribution in [0.1, 0.15) is 5.56 Å². The van der Waals surface area contributed by atoms with Crippen LogP contribution in [0.4, 0.5) is 5.69 Å². The van der Waals surface area contributed by atoms with Gasteiger partial charge in [-0.15, -0.1) is 0 Å². The van der Waals surface area contributed by atoms with Crippen molar-refractivity contribution in [2.24, 2.45) is 0 Å². The summed E-state index contributed by atoms with van der Waals surface area (Å²) in [4.78, 5) is 9.54. The Morgan fingerprint density at radius 2 is 1.92 bits per heavy atom. The molecule has 0 aromatic heterocycles. The van der Waals surface area contributed by atoms with Gasteiger partial charge in [-0.1, -0.05) is 0 Å². The lowest BCUT2D eigenvalue weighted by molar-refractivity contribution is -0.385. The van der Waals surface area contributed by atoms with E-state index in [1.165, 1.54) is 6.92 Å². The van der Waals surface area contributed by atoms with E-state index in [-0.39, 0.29) is 5.75 Å². The summed E-state index contributed by atoms with van der Waals surface area (Å²) in [6, 6.07) is 2.07. The van der Waals surface area contributed by atoms with Crippen molar-refractivity contribution in [1.82, 2.24) is 0 Å². The van der Waals surface area contributed by atoms with E-state index in [4.69, 9.17) is 10.2 Å². The summed E-state index contributed by atoms with van der Waals surface area (Å²) in [6.45, 7) is 1.52. The van der Waals surface area contributed by atoms with Gasteiger partial charge in [0.1, 0.15) is 5.75 Å². The van der Waals surface area contributed by atoms with Crippen LogP contribution in [0.2, 0.25) is 0 Å². The lowest BCUT2D eigenvalue weighted by Gasteiger charge is -1.99. The summed E-state index contributed by atoms with van der Waals surface area (Å²) < 4.78 is 0. The van der Waals surface area contributed by atoms with E-state index in [2.05, 4.69) is 0 Å². The first-order valence-electron chi connectivity index (χ1n) is 3.19. The maximum absolute atomic E-state index is 10.2. The summed E-state index contributed by atoms with van der Waals surface area (Å²) in [6.07, 6.45) is 0. The lowest BCUT2D eigenvalue weighted by Crippen LogP contribution is -1.89. The highest BCUT2D eigenvalue weighted by Crippen LogP contribution is 2.31. The number of nitro groups is 1. The zero-order chi connectivity index (χ0) is 9.30. The van der Waals surface area contributed by atoms with Crippen molar-refractivity contribution in [2.75, 3.05) is 0 Å². The fraction of sp³-hybridized carbons (Fsp3) is 0.143. The summed E-state index contributed by atoms with van der Waals surface area (Å²) in [5.74, 6) is -0.679. The van der Waals surface area contributed by atoms with Crippen LogP contribution in [0, 0.1) is 17.0 Å². The van der Waals surface area contributed by atoms with E-state index in [1.54, 1.807) is 0 Å². The highest BCUT2D eigenvalue weighted by atomic mass is 16.6. The smallest absolute Gasteiger partial charge is 0.311 e. The summed E-state index contributed by atoms with van der Waals surface area (Å²) in [5, 5.41) is 28.3. The molecule has 0 heterocycles. The van der Waals surface area contributed by atoms with Crippen LogP contribution < -0.4 is 0 Å². The van der Waals surface area contributed by atoms with Gasteiger partial charge in [0.15, 0.2) is 5.75 Å². The minimum atomic E-state index is -0.707. The second kappa shape index (κ2) is 2.69. The molecule has 0 spiro atoms. The molecule has 0 amide bonds. The first kappa shape index (κ1) is 8.32. The van der Waals surface area contributed by atoms with Gasteiger partial charge in [0.05, 0.1) is 4.92 Å². The number of rotatable bonds is 1. The number of aryl methyl sites for hydroxylation is 1. The first-order chi connectivity index (χ1) is 5.52. The summed E-state index contributed by atoms with van der Waals surface area (Å²) in [7, 11) is 0. The number of phenols is 2. The van der Waals surface area contributed by atoms with E-state index in [0.717, 1.165) is 12.1 Å². The highest BCUT2D eigenvalue weighted by Gasteiger charge is 2.14. The number of phenolic OH excluding ortho intramolecular Hbond substituents is 2. The third-order valence-electron chi connectivity index (χ3n) is 1.49. The van der Waals surface area contributed by atoms with Gasteiger partial charge in [0, 0.05) is 12.1 Å². The van der Waals surface area contributed by atoms with Crippen LogP contribution in [0.25, 0.3) is 0 Å². The largest absolute Gasteiger partial charge is 0.508 e. The van der Waals surface area contributed by atoms with E-state index in [9.17, 15) is 10.1 Å². The maximum Gasteiger partial charge on any atom is 0.311 e. The maximum atomic E-state index is 10.2. The number of hydrogen-bond acceptors (Lipinski definition) is 4. The van der Waals surface area contributed by atoms with Crippen LogP contribution in [-0.4, -0.2) is 15.1 Å². The highest BCUT2D eigenvalue weighted by molar-refractivity contribution is 5.52. The molecule has 0 aliphatic heterocycles. The Balaban J connectivity index is 3.33. The molecule has 0 unspecified atom stereocenters. The fourth-order valence-corrected chi connectivity index (χ4v) is 0.816. The normalized spacial score (nSPS) is 9.75. The third kappa shape index (κ3) is 1.29. The number of hydrogen-bond donors (Lipinski definition) is 2. The molecular weight excluding hydrogens is 162 g/mol. The molecule has 1 aromatic rings. The van der Waals surface area contributed by atoms with Gasteiger partial charge in [-0.2, -0.15) is 0 Å². The van der Waals surface area contributed by atoms with Gasteiger partial charge in [-0.05, 0) is 12.5 Å². The zero-order valence-electron chi connectivity index (χ0n) is 6.31. The van der Waals surface area contributed by atoms with E-state index in [0.29, 0.717) is 5.56 Å². The molecule has 0 radical (unpaired) electrons. The molecule has 0 saturated carbocycles. The molecule has 0 fully saturated rings. The van der Waals surface area contributed by atoms with Crippen molar-refractivity contribution in [3.8, 4) is 11.5 Å². The Morgan fingerprint density at radius 1 is 1.33 bits per heavy atom. The number of aromatic hydroxyl groups is 2. The Morgan fingerprint density at radius 3 is 2.42 bits per heavy atom. The molecule has 1 rings (SSSR count). The van der Waals surface area contributed by atoms with Gasteiger partial charge in [0.25, 0.3) is 0 Å². The van der Waals surface area contributed by atoms with Crippen molar-refractivity contribution < 1.29 is 15.1 Å². The standard InChI is InChI=1S/C7H7NO4/c1-4-2-5(8(11)12)7(10)3-6(4)9/h2-3,9-10H,1H3. The Kier molecular flexibility index (Phi) is 1.86. The Labute approximate surface area is 68.0 Å². The zero-order valence-corrected chi connectivity index (χ0v) is 6.31. The molecule has 2 N–H and O–H groups in total. The SMILES string of the molecule is Cc1cc([N+](=O)[O-])c(O)cc1O. The molecule has 0 aliphatic carbocycles. The lowest BCUT2D eigenvalue weighted by atomic mass is 10.2. The second-order valence-electron chi connectivity index (χ2n) is 2.38. The summed E-state index contributed by atoms with van der Waals surface area (Å²) in [5.41, 5.74) is -0.0372. The van der Waals surface area contributed by atoms with Gasteiger partial charge < -0.3 is 10.2 Å². The average molecular weight is 169 g/mol. The molecule has 12 heavy (non-hydrogen) atoms. The van der Waals surface area contributed by atoms with Crippen LogP contribution in [-0.2, 0) is 0 Å². The Bertz CT molecular complexity index is 334. The van der Waals surface area contributed by atoms with Gasteiger partial charge >= 0.3 is 5.69 Å². The molecule has 1 aromatic carbocycles. The molecule has 0 aliphatic rings. The molecule has 0 atom stereocenters. The monoisotopic (exact) mass is 169 g/mol. The van der Waals surface area contributed by atoms with Gasteiger partial charge in [0.2, 0.25) is 0 Å². The topological polar surface area (TPSA) is 83.6 Å². The van der Waals surface area contributed by atoms with E-state index >= 15 is 0 Å². The predicted octanol–water partition coefficient (Wildman–Crippen LogP) is 1.31. The minimum Gasteiger partial charge on any atom is -0.508 e.